The van der Waals surface area contributed by atoms with Crippen molar-refractivity contribution in [2.24, 2.45) is 5.92 Å². The van der Waals surface area contributed by atoms with Crippen molar-refractivity contribution in [3.05, 3.63) is 71.0 Å². The van der Waals surface area contributed by atoms with E-state index < -0.39 is 5.92 Å². The van der Waals surface area contributed by atoms with Gasteiger partial charge >= 0.3 is 5.97 Å². The van der Waals surface area contributed by atoms with Crippen LogP contribution < -0.4 is 0 Å². The molecule has 1 unspecified atom stereocenters. The first-order valence-corrected chi connectivity index (χ1v) is 9.04. The molecule has 0 N–H and O–H groups in total. The van der Waals surface area contributed by atoms with Crippen LogP contribution in [-0.4, -0.2) is 30.4 Å². The molecule has 0 bridgehead atoms. The predicted molar refractivity (Wildman–Crippen MR) is 102 cm³/mol. The Balaban J connectivity index is 2.06. The molecule has 0 spiro atoms. The first kappa shape index (κ1) is 20.6. The SMILES string of the molecule is COC(=O)C(C)CN(Cc1ccc(F)cc1)C(=O)CCc1ccc(C)cc1. The summed E-state index contributed by atoms with van der Waals surface area (Å²) in [5.41, 5.74) is 3.09. The fourth-order valence-electron chi connectivity index (χ4n) is 2.84. The maximum atomic E-state index is 13.1. The molecule has 0 saturated carbocycles. The Kier molecular flexibility index (Phi) is 7.53. The average Bonchev–Trinajstić information content (AvgIpc) is 2.67. The van der Waals surface area contributed by atoms with Crippen molar-refractivity contribution in [2.45, 2.75) is 33.2 Å². The molecule has 0 aromatic heterocycles. The minimum Gasteiger partial charge on any atom is -0.469 e. The van der Waals surface area contributed by atoms with Crippen molar-refractivity contribution in [3.63, 3.8) is 0 Å². The molecule has 0 fully saturated rings. The Morgan fingerprint density at radius 2 is 1.63 bits per heavy atom. The summed E-state index contributed by atoms with van der Waals surface area (Å²) in [7, 11) is 1.34. The van der Waals surface area contributed by atoms with Crippen LogP contribution in [-0.2, 0) is 27.3 Å². The Morgan fingerprint density at radius 3 is 2.22 bits per heavy atom. The van der Waals surface area contributed by atoms with E-state index in [1.807, 2.05) is 31.2 Å². The van der Waals surface area contributed by atoms with E-state index in [0.717, 1.165) is 11.1 Å². The molecule has 1 atom stereocenters. The third-order valence-corrected chi connectivity index (χ3v) is 4.49. The molecule has 2 aromatic rings. The Labute approximate surface area is 159 Å². The summed E-state index contributed by atoms with van der Waals surface area (Å²) >= 11 is 0. The van der Waals surface area contributed by atoms with Crippen LogP contribution in [0.4, 0.5) is 4.39 Å². The van der Waals surface area contributed by atoms with Gasteiger partial charge in [0, 0.05) is 19.5 Å². The van der Waals surface area contributed by atoms with Gasteiger partial charge in [0.1, 0.15) is 5.82 Å². The molecule has 2 aromatic carbocycles. The Hall–Kier alpha value is -2.69. The number of methoxy groups -OCH3 is 1. The second-order valence-corrected chi connectivity index (χ2v) is 6.81. The lowest BCUT2D eigenvalue weighted by molar-refractivity contribution is -0.146. The van der Waals surface area contributed by atoms with E-state index in [1.165, 1.54) is 24.8 Å². The van der Waals surface area contributed by atoms with Gasteiger partial charge in [0.2, 0.25) is 5.91 Å². The van der Waals surface area contributed by atoms with Gasteiger partial charge in [-0.1, -0.05) is 48.9 Å². The van der Waals surface area contributed by atoms with Gasteiger partial charge in [-0.2, -0.15) is 0 Å². The molecule has 0 aliphatic heterocycles. The van der Waals surface area contributed by atoms with Crippen molar-refractivity contribution in [2.75, 3.05) is 13.7 Å². The van der Waals surface area contributed by atoms with Crippen LogP contribution in [0.25, 0.3) is 0 Å². The highest BCUT2D eigenvalue weighted by atomic mass is 19.1. The molecule has 0 aliphatic carbocycles. The molecule has 0 heterocycles. The summed E-state index contributed by atoms with van der Waals surface area (Å²) in [4.78, 5) is 26.2. The fourth-order valence-corrected chi connectivity index (χ4v) is 2.84. The highest BCUT2D eigenvalue weighted by Crippen LogP contribution is 2.13. The smallest absolute Gasteiger partial charge is 0.310 e. The summed E-state index contributed by atoms with van der Waals surface area (Å²) < 4.78 is 17.9. The molecular weight excluding hydrogens is 345 g/mol. The number of hydrogen-bond acceptors (Lipinski definition) is 3. The lowest BCUT2D eigenvalue weighted by Gasteiger charge is -2.25. The van der Waals surface area contributed by atoms with E-state index >= 15 is 0 Å². The van der Waals surface area contributed by atoms with E-state index in [9.17, 15) is 14.0 Å². The number of hydrogen-bond donors (Lipinski definition) is 0. The topological polar surface area (TPSA) is 46.6 Å². The van der Waals surface area contributed by atoms with E-state index in [4.69, 9.17) is 4.74 Å². The van der Waals surface area contributed by atoms with Crippen LogP contribution in [0.3, 0.4) is 0 Å². The molecule has 0 radical (unpaired) electrons. The fraction of sp³-hybridized carbons (Fsp3) is 0.364. The summed E-state index contributed by atoms with van der Waals surface area (Å²) in [5.74, 6) is -1.15. The first-order valence-electron chi connectivity index (χ1n) is 9.04. The van der Waals surface area contributed by atoms with Crippen LogP contribution >= 0.6 is 0 Å². The highest BCUT2D eigenvalue weighted by molar-refractivity contribution is 5.78. The van der Waals surface area contributed by atoms with Gasteiger partial charge in [-0.3, -0.25) is 9.59 Å². The summed E-state index contributed by atoms with van der Waals surface area (Å²) in [6.07, 6.45) is 0.976. The van der Waals surface area contributed by atoms with E-state index in [0.29, 0.717) is 19.4 Å². The Morgan fingerprint density at radius 1 is 1.04 bits per heavy atom. The first-order chi connectivity index (χ1) is 12.9. The summed E-state index contributed by atoms with van der Waals surface area (Å²) in [6, 6.07) is 14.1. The number of aryl methyl sites for hydroxylation is 2. The highest BCUT2D eigenvalue weighted by Gasteiger charge is 2.21. The number of halogens is 1. The number of esters is 1. The number of ether oxygens (including phenoxy) is 1. The maximum absolute atomic E-state index is 13.1. The van der Waals surface area contributed by atoms with Crippen LogP contribution in [0.5, 0.6) is 0 Å². The minimum absolute atomic E-state index is 0.0457. The zero-order valence-corrected chi connectivity index (χ0v) is 16.1. The quantitative estimate of drug-likeness (QED) is 0.661. The third-order valence-electron chi connectivity index (χ3n) is 4.49. The van der Waals surface area contributed by atoms with Gasteiger partial charge in [0.05, 0.1) is 13.0 Å². The summed E-state index contributed by atoms with van der Waals surface area (Å²) in [6.45, 7) is 4.34. The number of rotatable bonds is 8. The monoisotopic (exact) mass is 371 g/mol. The van der Waals surface area contributed by atoms with E-state index in [2.05, 4.69) is 0 Å². The zero-order valence-electron chi connectivity index (χ0n) is 16.1. The molecule has 27 heavy (non-hydrogen) atoms. The van der Waals surface area contributed by atoms with Crippen LogP contribution in [0.2, 0.25) is 0 Å². The number of carbonyl (C=O) groups excluding carboxylic acids is 2. The van der Waals surface area contributed by atoms with Crippen molar-refractivity contribution in [1.82, 2.24) is 4.90 Å². The van der Waals surface area contributed by atoms with Gasteiger partial charge in [-0.15, -0.1) is 0 Å². The molecule has 0 aliphatic rings. The molecule has 2 rings (SSSR count). The molecule has 144 valence electrons. The van der Waals surface area contributed by atoms with Crippen LogP contribution in [0.1, 0.15) is 30.0 Å². The maximum Gasteiger partial charge on any atom is 0.310 e. The predicted octanol–water partition coefficient (Wildman–Crippen LogP) is 3.90. The average molecular weight is 371 g/mol. The second-order valence-electron chi connectivity index (χ2n) is 6.81. The number of amides is 1. The summed E-state index contributed by atoms with van der Waals surface area (Å²) in [5, 5.41) is 0. The third kappa shape index (κ3) is 6.51. The lowest BCUT2D eigenvalue weighted by atomic mass is 10.1. The van der Waals surface area contributed by atoms with Gasteiger partial charge in [-0.05, 0) is 36.6 Å². The number of benzene rings is 2. The van der Waals surface area contributed by atoms with Gasteiger partial charge in [0.15, 0.2) is 0 Å². The lowest BCUT2D eigenvalue weighted by Crippen LogP contribution is -2.37. The minimum atomic E-state index is -0.432. The van der Waals surface area contributed by atoms with Gasteiger partial charge in [0.25, 0.3) is 0 Å². The van der Waals surface area contributed by atoms with E-state index in [-0.39, 0.29) is 24.2 Å². The molecule has 1 amide bonds. The molecule has 4 nitrogen and oxygen atoms in total. The van der Waals surface area contributed by atoms with Crippen molar-refractivity contribution in [3.8, 4) is 0 Å². The zero-order chi connectivity index (χ0) is 19.8. The van der Waals surface area contributed by atoms with Crippen LogP contribution in [0.15, 0.2) is 48.5 Å². The number of nitrogens with zero attached hydrogens (tertiary/aromatic N) is 1. The van der Waals surface area contributed by atoms with Crippen molar-refractivity contribution in [1.29, 1.82) is 0 Å². The molecule has 5 heteroatoms. The molecule has 0 saturated heterocycles. The number of carbonyl (C=O) groups is 2. The van der Waals surface area contributed by atoms with E-state index in [1.54, 1.807) is 24.0 Å². The van der Waals surface area contributed by atoms with Gasteiger partial charge < -0.3 is 9.64 Å². The van der Waals surface area contributed by atoms with Crippen molar-refractivity contribution < 1.29 is 18.7 Å². The second kappa shape index (κ2) is 9.86. The van der Waals surface area contributed by atoms with Gasteiger partial charge in [-0.25, -0.2) is 4.39 Å². The van der Waals surface area contributed by atoms with Crippen molar-refractivity contribution >= 4 is 11.9 Å². The molecular formula is C22H26FNO3. The standard InChI is InChI=1S/C22H26FNO3/c1-16-4-6-18(7-5-16)10-13-21(25)24(14-17(2)22(26)27-3)15-19-8-11-20(23)12-9-19/h4-9,11-12,17H,10,13-15H2,1-3H3. The normalized spacial score (nSPS) is 11.7. The Bertz CT molecular complexity index is 756. The largest absolute Gasteiger partial charge is 0.469 e. The van der Waals surface area contributed by atoms with Crippen LogP contribution in [0, 0.1) is 18.7 Å².